The van der Waals surface area contributed by atoms with Crippen molar-refractivity contribution in [1.82, 2.24) is 10.3 Å². The van der Waals surface area contributed by atoms with Gasteiger partial charge in [-0.3, -0.25) is 9.78 Å². The Morgan fingerprint density at radius 3 is 2.62 bits per heavy atom. The number of aliphatic hydroxyl groups excluding tert-OH is 1. The van der Waals surface area contributed by atoms with E-state index in [1.54, 1.807) is 6.20 Å². The van der Waals surface area contributed by atoms with Crippen molar-refractivity contribution in [1.29, 1.82) is 0 Å². The van der Waals surface area contributed by atoms with Crippen LogP contribution in [0.3, 0.4) is 0 Å². The molecule has 0 radical (unpaired) electrons. The molecule has 1 aromatic rings. The number of hydrogen-bond donors (Lipinski definition) is 2. The van der Waals surface area contributed by atoms with E-state index in [0.29, 0.717) is 18.9 Å². The van der Waals surface area contributed by atoms with Gasteiger partial charge < -0.3 is 10.4 Å². The van der Waals surface area contributed by atoms with Gasteiger partial charge in [-0.1, -0.05) is 33.8 Å². The van der Waals surface area contributed by atoms with Gasteiger partial charge in [0, 0.05) is 36.4 Å². The lowest BCUT2D eigenvalue weighted by Crippen LogP contribution is -2.41. The fourth-order valence-corrected chi connectivity index (χ4v) is 2.61. The molecule has 21 heavy (non-hydrogen) atoms. The van der Waals surface area contributed by atoms with Crippen LogP contribution in [0.1, 0.15) is 39.8 Å². The van der Waals surface area contributed by atoms with Crippen LogP contribution in [0.4, 0.5) is 0 Å². The third kappa shape index (κ3) is 6.25. The van der Waals surface area contributed by atoms with E-state index in [1.165, 1.54) is 0 Å². The Morgan fingerprint density at radius 2 is 2.10 bits per heavy atom. The first kappa shape index (κ1) is 17.6. The number of aromatic nitrogens is 1. The van der Waals surface area contributed by atoms with Crippen molar-refractivity contribution in [2.45, 2.75) is 40.5 Å². The molecule has 1 amide bonds. The number of hydrogen-bond acceptors (Lipinski definition) is 3. The molecule has 1 rings (SSSR count). The zero-order chi connectivity index (χ0) is 15.9. The maximum atomic E-state index is 12.3. The first-order valence-corrected chi connectivity index (χ1v) is 7.64. The Labute approximate surface area is 128 Å². The number of carbonyl (C=O) groups is 1. The maximum absolute atomic E-state index is 12.3. The van der Waals surface area contributed by atoms with Crippen LogP contribution in [0, 0.1) is 17.3 Å². The number of nitrogens with zero attached hydrogens (tertiary/aromatic N) is 1. The van der Waals surface area contributed by atoms with Crippen molar-refractivity contribution in [2.24, 2.45) is 17.3 Å². The Bertz CT molecular complexity index is 430. The van der Waals surface area contributed by atoms with Crippen LogP contribution in [0.25, 0.3) is 0 Å². The van der Waals surface area contributed by atoms with Crippen molar-refractivity contribution >= 4 is 5.91 Å². The fourth-order valence-electron chi connectivity index (χ4n) is 2.61. The molecule has 1 heterocycles. The zero-order valence-corrected chi connectivity index (χ0v) is 13.6. The maximum Gasteiger partial charge on any atom is 0.225 e. The Hall–Kier alpha value is -1.42. The Morgan fingerprint density at radius 1 is 1.38 bits per heavy atom. The smallest absolute Gasteiger partial charge is 0.225 e. The summed E-state index contributed by atoms with van der Waals surface area (Å²) in [6.07, 6.45) is 3.26. The monoisotopic (exact) mass is 292 g/mol. The largest absolute Gasteiger partial charge is 0.396 e. The lowest BCUT2D eigenvalue weighted by Gasteiger charge is -2.26. The van der Waals surface area contributed by atoms with Gasteiger partial charge in [0.1, 0.15) is 0 Å². The fraction of sp³-hybridized carbons (Fsp3) is 0.647. The van der Waals surface area contributed by atoms with Gasteiger partial charge >= 0.3 is 0 Å². The van der Waals surface area contributed by atoms with Gasteiger partial charge in [-0.05, 0) is 30.9 Å². The molecule has 2 N–H and O–H groups in total. The summed E-state index contributed by atoms with van der Waals surface area (Å²) in [6, 6.07) is 5.74. The highest BCUT2D eigenvalue weighted by Crippen LogP contribution is 2.25. The van der Waals surface area contributed by atoms with E-state index in [-0.39, 0.29) is 23.8 Å². The minimum atomic E-state index is -0.376. The van der Waals surface area contributed by atoms with Crippen molar-refractivity contribution in [3.05, 3.63) is 30.1 Å². The van der Waals surface area contributed by atoms with Crippen LogP contribution < -0.4 is 5.32 Å². The predicted octanol–water partition coefficient (Wildman–Crippen LogP) is 2.42. The average Bonchev–Trinajstić information content (AvgIpc) is 2.42. The third-order valence-corrected chi connectivity index (χ3v) is 3.57. The second-order valence-corrected chi connectivity index (χ2v) is 6.77. The first-order valence-electron chi connectivity index (χ1n) is 7.64. The number of nitrogens with one attached hydrogen (secondary N) is 1. The Balaban J connectivity index is 2.49. The van der Waals surface area contributed by atoms with E-state index >= 15 is 0 Å². The lowest BCUT2D eigenvalue weighted by atomic mass is 9.83. The molecular weight excluding hydrogens is 264 g/mol. The predicted molar refractivity (Wildman–Crippen MR) is 84.8 cm³/mol. The quantitative estimate of drug-likeness (QED) is 0.773. The molecule has 1 aromatic heterocycles. The van der Waals surface area contributed by atoms with E-state index in [1.807, 2.05) is 32.0 Å². The molecule has 0 saturated heterocycles. The summed E-state index contributed by atoms with van der Waals surface area (Å²) in [7, 11) is 0. The molecule has 4 nitrogen and oxygen atoms in total. The molecule has 0 spiro atoms. The first-order chi connectivity index (χ1) is 9.85. The highest BCUT2D eigenvalue weighted by Gasteiger charge is 2.28. The molecule has 118 valence electrons. The van der Waals surface area contributed by atoms with E-state index in [0.717, 1.165) is 12.1 Å². The van der Waals surface area contributed by atoms with E-state index < -0.39 is 0 Å². The molecule has 4 heteroatoms. The van der Waals surface area contributed by atoms with Gasteiger partial charge in [0.05, 0.1) is 0 Å². The van der Waals surface area contributed by atoms with Crippen LogP contribution in [0.15, 0.2) is 24.4 Å². The molecule has 1 atom stereocenters. The van der Waals surface area contributed by atoms with Gasteiger partial charge in [-0.2, -0.15) is 0 Å². The summed E-state index contributed by atoms with van der Waals surface area (Å²) in [4.78, 5) is 16.5. The normalized spacial score (nSPS) is 13.2. The molecule has 0 saturated carbocycles. The number of aliphatic hydroxyl groups is 1. The number of amides is 1. The molecule has 0 aliphatic carbocycles. The highest BCUT2D eigenvalue weighted by atomic mass is 16.3. The molecule has 1 unspecified atom stereocenters. The number of carbonyl (C=O) groups excluding carboxylic acids is 1. The van der Waals surface area contributed by atoms with Crippen LogP contribution in [0.5, 0.6) is 0 Å². The zero-order valence-electron chi connectivity index (χ0n) is 13.6. The van der Waals surface area contributed by atoms with Crippen molar-refractivity contribution in [3.8, 4) is 0 Å². The second-order valence-electron chi connectivity index (χ2n) is 6.77. The van der Waals surface area contributed by atoms with Crippen LogP contribution in [-0.2, 0) is 11.2 Å². The minimum absolute atomic E-state index is 0.00120. The van der Waals surface area contributed by atoms with Crippen molar-refractivity contribution in [3.63, 3.8) is 0 Å². The van der Waals surface area contributed by atoms with Gasteiger partial charge in [-0.15, -0.1) is 0 Å². The molecule has 0 aliphatic heterocycles. The van der Waals surface area contributed by atoms with Crippen LogP contribution >= 0.6 is 0 Å². The van der Waals surface area contributed by atoms with Gasteiger partial charge in [0.2, 0.25) is 5.91 Å². The highest BCUT2D eigenvalue weighted by molar-refractivity contribution is 5.81. The summed E-state index contributed by atoms with van der Waals surface area (Å²) in [5.41, 5.74) is 0.561. The van der Waals surface area contributed by atoms with Gasteiger partial charge in [-0.25, -0.2) is 0 Å². The summed E-state index contributed by atoms with van der Waals surface area (Å²) < 4.78 is 0. The SMILES string of the molecule is CC(C)CC(C)(C)C(=O)NCC(CO)Cc1ccccn1. The number of rotatable bonds is 8. The van der Waals surface area contributed by atoms with E-state index in [2.05, 4.69) is 24.1 Å². The summed E-state index contributed by atoms with van der Waals surface area (Å²) in [6.45, 7) is 8.69. The number of pyridine rings is 1. The van der Waals surface area contributed by atoms with Crippen LogP contribution in [-0.4, -0.2) is 29.1 Å². The molecule has 0 bridgehead atoms. The second kappa shape index (κ2) is 8.13. The van der Waals surface area contributed by atoms with Crippen molar-refractivity contribution in [2.75, 3.05) is 13.2 Å². The third-order valence-electron chi connectivity index (χ3n) is 3.57. The lowest BCUT2D eigenvalue weighted by molar-refractivity contribution is -0.130. The van der Waals surface area contributed by atoms with Gasteiger partial charge in [0.15, 0.2) is 0 Å². The Kier molecular flexibility index (Phi) is 6.82. The summed E-state index contributed by atoms with van der Waals surface area (Å²) >= 11 is 0. The minimum Gasteiger partial charge on any atom is -0.396 e. The van der Waals surface area contributed by atoms with E-state index in [9.17, 15) is 9.90 Å². The van der Waals surface area contributed by atoms with Crippen molar-refractivity contribution < 1.29 is 9.90 Å². The summed E-state index contributed by atoms with van der Waals surface area (Å²) in [5, 5.41) is 12.4. The average molecular weight is 292 g/mol. The van der Waals surface area contributed by atoms with Crippen LogP contribution in [0.2, 0.25) is 0 Å². The topological polar surface area (TPSA) is 62.2 Å². The molecular formula is C17H28N2O2. The van der Waals surface area contributed by atoms with E-state index in [4.69, 9.17) is 0 Å². The summed E-state index contributed by atoms with van der Waals surface area (Å²) in [5.74, 6) is 0.530. The molecule has 0 aromatic carbocycles. The molecule has 0 aliphatic rings. The van der Waals surface area contributed by atoms with Gasteiger partial charge in [0.25, 0.3) is 0 Å². The molecule has 0 fully saturated rings. The standard InChI is InChI=1S/C17H28N2O2/c1-13(2)10-17(3,4)16(21)19-11-14(12-20)9-15-7-5-6-8-18-15/h5-8,13-14,20H,9-12H2,1-4H3,(H,19,21).